The number of aliphatic carboxylic acids is 1. The summed E-state index contributed by atoms with van der Waals surface area (Å²) in [5.74, 6) is -0.711. The summed E-state index contributed by atoms with van der Waals surface area (Å²) in [6.45, 7) is 0.496. The maximum Gasteiger partial charge on any atom is 0.303 e. The van der Waals surface area contributed by atoms with Crippen LogP contribution < -0.4 is 0 Å². The second-order valence-electron chi connectivity index (χ2n) is 6.67. The topological polar surface area (TPSA) is 227 Å². The monoisotopic (exact) mass is 430 g/mol. The highest BCUT2D eigenvalue weighted by Crippen LogP contribution is 2.28. The van der Waals surface area contributed by atoms with E-state index in [1.807, 2.05) is 6.92 Å². The third-order valence-electron chi connectivity index (χ3n) is 4.44. The van der Waals surface area contributed by atoms with Gasteiger partial charge in [0.1, 0.15) is 48.8 Å². The number of carboxylic acids is 1. The predicted molar refractivity (Wildman–Crippen MR) is 91.2 cm³/mol. The highest BCUT2D eigenvalue weighted by atomic mass is 16.7. The molecule has 2 fully saturated rings. The van der Waals surface area contributed by atoms with E-state index in [-0.39, 0.29) is 0 Å². The number of aliphatic hydroxyl groups excluding tert-OH is 8. The van der Waals surface area contributed by atoms with E-state index < -0.39 is 80.6 Å². The summed E-state index contributed by atoms with van der Waals surface area (Å²) < 4.78 is 15.3. The van der Waals surface area contributed by atoms with Gasteiger partial charge in [0.2, 0.25) is 0 Å². The summed E-state index contributed by atoms with van der Waals surface area (Å²) in [6, 6.07) is 0. The van der Waals surface area contributed by atoms with Gasteiger partial charge in [0, 0.05) is 6.42 Å². The second-order valence-corrected chi connectivity index (χ2v) is 6.67. The Morgan fingerprint density at radius 2 is 1.41 bits per heavy atom. The predicted octanol–water partition coefficient (Wildman–Crippen LogP) is -4.53. The molecule has 2 heterocycles. The first kappa shape index (κ1) is 26.1. The van der Waals surface area contributed by atoms with Crippen LogP contribution in [0.3, 0.4) is 0 Å². The molecule has 2 rings (SSSR count). The molecule has 2 aliphatic rings. The Hall–Kier alpha value is -0.970. The normalized spacial score (nSPS) is 42.7. The lowest BCUT2D eigenvalue weighted by Crippen LogP contribution is -2.64. The smallest absolute Gasteiger partial charge is 0.303 e. The first-order chi connectivity index (χ1) is 13.6. The minimum Gasteiger partial charge on any atom is -0.481 e. The molecule has 0 aliphatic carbocycles. The standard InChI is InChI=1S/C12H22O11.C4H8O2/c13-1-3-5(15)6(16)9(19)12(22-3)23-10-4(2-14)21-11(20)8(18)7(10)17;1-2-3-4(5)6/h3-20H,1-2H2;2-3H2,1H3,(H,5,6)/t3-,4-,5+,6+,7-,8-,9-,10-,11?,12+;/m1./s1. The van der Waals surface area contributed by atoms with E-state index in [2.05, 4.69) is 0 Å². The molecule has 10 atom stereocenters. The van der Waals surface area contributed by atoms with Crippen LogP contribution in [0.25, 0.3) is 0 Å². The second kappa shape index (κ2) is 12.0. The van der Waals surface area contributed by atoms with Crippen LogP contribution in [0.15, 0.2) is 0 Å². The number of carbonyl (C=O) groups is 1. The van der Waals surface area contributed by atoms with E-state index in [0.717, 1.165) is 6.42 Å². The van der Waals surface area contributed by atoms with Crippen molar-refractivity contribution in [2.45, 2.75) is 81.2 Å². The summed E-state index contributed by atoms with van der Waals surface area (Å²) in [5, 5.41) is 84.4. The molecule has 29 heavy (non-hydrogen) atoms. The average Bonchev–Trinajstić information content (AvgIpc) is 2.68. The SMILES string of the molecule is CCCC(=O)O.OC[C@H]1O[C@@H](O[C@H]2[C@H](O)[C@@H](O)C(O)O[C@@H]2CO)[C@H](O)[C@@H](O)[C@H]1O. The Morgan fingerprint density at radius 1 is 0.828 bits per heavy atom. The Kier molecular flexibility index (Phi) is 10.8. The fraction of sp³-hybridized carbons (Fsp3) is 0.938. The maximum absolute atomic E-state index is 9.94. The molecule has 13 nitrogen and oxygen atoms in total. The van der Waals surface area contributed by atoms with Crippen LogP contribution in [0.2, 0.25) is 0 Å². The first-order valence-corrected chi connectivity index (χ1v) is 9.07. The average molecular weight is 430 g/mol. The van der Waals surface area contributed by atoms with Crippen LogP contribution in [0.5, 0.6) is 0 Å². The zero-order chi connectivity index (χ0) is 22.3. The van der Waals surface area contributed by atoms with Gasteiger partial charge in [-0.15, -0.1) is 0 Å². The molecule has 9 N–H and O–H groups in total. The van der Waals surface area contributed by atoms with Crippen molar-refractivity contribution in [2.75, 3.05) is 13.2 Å². The summed E-state index contributed by atoms with van der Waals surface area (Å²) in [4.78, 5) is 9.60. The van der Waals surface area contributed by atoms with Gasteiger partial charge in [0.25, 0.3) is 0 Å². The van der Waals surface area contributed by atoms with E-state index in [4.69, 9.17) is 24.4 Å². The number of ether oxygens (including phenoxy) is 3. The third kappa shape index (κ3) is 6.77. The summed E-state index contributed by atoms with van der Waals surface area (Å²) in [7, 11) is 0. The molecule has 0 aromatic heterocycles. The summed E-state index contributed by atoms with van der Waals surface area (Å²) >= 11 is 0. The number of aliphatic hydroxyl groups is 8. The van der Waals surface area contributed by atoms with Crippen molar-refractivity contribution in [2.24, 2.45) is 0 Å². The van der Waals surface area contributed by atoms with Gasteiger partial charge in [-0.25, -0.2) is 0 Å². The van der Waals surface area contributed by atoms with E-state index in [1.165, 1.54) is 0 Å². The molecule has 0 aromatic rings. The molecule has 13 heteroatoms. The van der Waals surface area contributed by atoms with Crippen LogP contribution in [0.1, 0.15) is 19.8 Å². The molecular weight excluding hydrogens is 400 g/mol. The van der Waals surface area contributed by atoms with E-state index in [9.17, 15) is 40.5 Å². The molecule has 2 saturated heterocycles. The van der Waals surface area contributed by atoms with Crippen molar-refractivity contribution < 1.29 is 65.0 Å². The zero-order valence-corrected chi connectivity index (χ0v) is 15.8. The van der Waals surface area contributed by atoms with Gasteiger partial charge in [0.05, 0.1) is 13.2 Å². The van der Waals surface area contributed by atoms with Gasteiger partial charge in [-0.3, -0.25) is 4.79 Å². The number of hydrogen-bond acceptors (Lipinski definition) is 12. The number of rotatable bonds is 6. The summed E-state index contributed by atoms with van der Waals surface area (Å²) in [6.07, 6.45) is -14.5. The van der Waals surface area contributed by atoms with Crippen molar-refractivity contribution in [3.63, 3.8) is 0 Å². The van der Waals surface area contributed by atoms with Crippen LogP contribution in [0, 0.1) is 0 Å². The molecule has 0 saturated carbocycles. The van der Waals surface area contributed by atoms with Crippen molar-refractivity contribution in [1.29, 1.82) is 0 Å². The molecule has 0 aromatic carbocycles. The van der Waals surface area contributed by atoms with Crippen molar-refractivity contribution in [3.05, 3.63) is 0 Å². The van der Waals surface area contributed by atoms with E-state index >= 15 is 0 Å². The lowest BCUT2D eigenvalue weighted by molar-refractivity contribution is -0.355. The van der Waals surface area contributed by atoms with Crippen LogP contribution in [0.4, 0.5) is 0 Å². The van der Waals surface area contributed by atoms with E-state index in [1.54, 1.807) is 0 Å². The molecular formula is C16H30O13. The molecule has 0 spiro atoms. The largest absolute Gasteiger partial charge is 0.481 e. The first-order valence-electron chi connectivity index (χ1n) is 9.07. The third-order valence-corrected chi connectivity index (χ3v) is 4.44. The minimum absolute atomic E-state index is 0.292. The lowest BCUT2D eigenvalue weighted by Gasteiger charge is -2.45. The van der Waals surface area contributed by atoms with Crippen molar-refractivity contribution in [3.8, 4) is 0 Å². The molecule has 0 amide bonds. The van der Waals surface area contributed by atoms with Crippen molar-refractivity contribution in [1.82, 2.24) is 0 Å². The Balaban J connectivity index is 0.000000612. The van der Waals surface area contributed by atoms with Gasteiger partial charge in [-0.05, 0) is 6.42 Å². The van der Waals surface area contributed by atoms with Crippen molar-refractivity contribution >= 4 is 5.97 Å². The van der Waals surface area contributed by atoms with Gasteiger partial charge >= 0.3 is 5.97 Å². The molecule has 2 aliphatic heterocycles. The van der Waals surface area contributed by atoms with Crippen LogP contribution in [-0.4, -0.2) is 127 Å². The Labute approximate surface area is 166 Å². The maximum atomic E-state index is 9.94. The number of carboxylic acid groups (broad SMARTS) is 1. The van der Waals surface area contributed by atoms with Gasteiger partial charge in [-0.2, -0.15) is 0 Å². The quantitative estimate of drug-likeness (QED) is 0.194. The molecule has 172 valence electrons. The van der Waals surface area contributed by atoms with Gasteiger partial charge in [0.15, 0.2) is 12.6 Å². The zero-order valence-electron chi connectivity index (χ0n) is 15.8. The Morgan fingerprint density at radius 3 is 1.86 bits per heavy atom. The lowest BCUT2D eigenvalue weighted by atomic mass is 9.97. The summed E-state index contributed by atoms with van der Waals surface area (Å²) in [5.41, 5.74) is 0. The highest BCUT2D eigenvalue weighted by molar-refractivity contribution is 5.66. The highest BCUT2D eigenvalue weighted by Gasteiger charge is 2.50. The minimum atomic E-state index is -1.74. The Bertz CT molecular complexity index is 487. The molecule has 0 bridgehead atoms. The van der Waals surface area contributed by atoms with E-state index in [0.29, 0.717) is 6.42 Å². The molecule has 1 unspecified atom stereocenters. The van der Waals surface area contributed by atoms with Gasteiger partial charge in [-0.1, -0.05) is 6.92 Å². The van der Waals surface area contributed by atoms with Crippen LogP contribution in [-0.2, 0) is 19.0 Å². The van der Waals surface area contributed by atoms with Gasteiger partial charge < -0.3 is 60.2 Å². The molecule has 0 radical (unpaired) electrons. The fourth-order valence-corrected chi connectivity index (χ4v) is 2.78. The van der Waals surface area contributed by atoms with Crippen LogP contribution >= 0.6 is 0 Å². The fourth-order valence-electron chi connectivity index (χ4n) is 2.78. The number of hydrogen-bond donors (Lipinski definition) is 9.